The highest BCUT2D eigenvalue weighted by Gasteiger charge is 2.16. The Bertz CT molecular complexity index is 645. The monoisotopic (exact) mass is 284 g/mol. The summed E-state index contributed by atoms with van der Waals surface area (Å²) in [5.74, 6) is 0.671. The van der Waals surface area contributed by atoms with Gasteiger partial charge in [0, 0.05) is 19.3 Å². The fourth-order valence-electron chi connectivity index (χ4n) is 1.68. The highest BCUT2D eigenvalue weighted by molar-refractivity contribution is 5.89. The number of nitrogens with one attached hydrogen (secondary N) is 1. The van der Waals surface area contributed by atoms with Crippen LogP contribution in [0.15, 0.2) is 36.8 Å². The van der Waals surface area contributed by atoms with E-state index < -0.39 is 0 Å². The van der Waals surface area contributed by atoms with Crippen LogP contribution in [-0.2, 0) is 0 Å². The second-order valence-electron chi connectivity index (χ2n) is 4.61. The van der Waals surface area contributed by atoms with Gasteiger partial charge in [-0.05, 0) is 19.1 Å². The van der Waals surface area contributed by atoms with Crippen LogP contribution in [-0.4, -0.2) is 38.8 Å². The summed E-state index contributed by atoms with van der Waals surface area (Å²) in [6, 6.07) is 7.12. The van der Waals surface area contributed by atoms with Crippen LogP contribution >= 0.6 is 0 Å². The molecule has 108 valence electrons. The molecule has 2 aromatic rings. The van der Waals surface area contributed by atoms with E-state index in [4.69, 9.17) is 5.26 Å². The van der Waals surface area contributed by atoms with Gasteiger partial charge >= 0.3 is 6.03 Å². The molecule has 0 radical (unpaired) electrons. The van der Waals surface area contributed by atoms with E-state index >= 15 is 0 Å². The average Bonchev–Trinajstić information content (AvgIpc) is 2.96. The van der Waals surface area contributed by atoms with Gasteiger partial charge in [-0.25, -0.2) is 14.5 Å². The van der Waals surface area contributed by atoms with Crippen molar-refractivity contribution in [2.45, 2.75) is 19.4 Å². The standard InChI is InChI=1S/C14H16N6O/c1-11(6-7-15)19(2)14(21)18-12-9-17-20(10-12)13-5-3-4-8-16-13/h3-5,8-11H,6H2,1-2H3,(H,18,21). The lowest BCUT2D eigenvalue weighted by atomic mass is 10.2. The van der Waals surface area contributed by atoms with Crippen molar-refractivity contribution in [2.24, 2.45) is 0 Å². The number of pyridine rings is 1. The molecule has 0 aromatic carbocycles. The molecule has 0 bridgehead atoms. The van der Waals surface area contributed by atoms with Crippen LogP contribution in [0.25, 0.3) is 5.82 Å². The SMILES string of the molecule is CC(CC#N)N(C)C(=O)Nc1cnn(-c2ccccn2)c1. The van der Waals surface area contributed by atoms with Crippen molar-refractivity contribution >= 4 is 11.7 Å². The van der Waals surface area contributed by atoms with E-state index in [9.17, 15) is 4.79 Å². The minimum absolute atomic E-state index is 0.152. The Morgan fingerprint density at radius 1 is 1.57 bits per heavy atom. The summed E-state index contributed by atoms with van der Waals surface area (Å²) in [6.07, 6.45) is 5.20. The Morgan fingerprint density at radius 2 is 2.38 bits per heavy atom. The van der Waals surface area contributed by atoms with Gasteiger partial charge in [-0.15, -0.1) is 0 Å². The van der Waals surface area contributed by atoms with Crippen molar-refractivity contribution in [1.82, 2.24) is 19.7 Å². The van der Waals surface area contributed by atoms with Crippen molar-refractivity contribution in [3.05, 3.63) is 36.8 Å². The van der Waals surface area contributed by atoms with Gasteiger partial charge in [0.2, 0.25) is 0 Å². The molecule has 2 amide bonds. The summed E-state index contributed by atoms with van der Waals surface area (Å²) < 4.78 is 1.58. The summed E-state index contributed by atoms with van der Waals surface area (Å²) in [6.45, 7) is 1.82. The number of nitriles is 1. The highest BCUT2D eigenvalue weighted by atomic mass is 16.2. The van der Waals surface area contributed by atoms with Gasteiger partial charge in [0.05, 0.1) is 30.6 Å². The van der Waals surface area contributed by atoms with E-state index in [0.29, 0.717) is 11.5 Å². The molecule has 0 aliphatic heterocycles. The molecule has 1 N–H and O–H groups in total. The Hall–Kier alpha value is -2.88. The third-order valence-electron chi connectivity index (χ3n) is 3.09. The van der Waals surface area contributed by atoms with Crippen molar-refractivity contribution in [3.63, 3.8) is 0 Å². The second kappa shape index (κ2) is 6.52. The van der Waals surface area contributed by atoms with Crippen molar-refractivity contribution in [1.29, 1.82) is 5.26 Å². The third-order valence-corrected chi connectivity index (χ3v) is 3.09. The summed E-state index contributed by atoms with van der Waals surface area (Å²) in [7, 11) is 1.65. The van der Waals surface area contributed by atoms with Crippen LogP contribution in [0.5, 0.6) is 0 Å². The molecule has 2 heterocycles. The van der Waals surface area contributed by atoms with E-state index in [1.165, 1.54) is 4.90 Å². The number of hydrogen-bond donors (Lipinski definition) is 1. The third kappa shape index (κ3) is 3.57. The van der Waals surface area contributed by atoms with Crippen LogP contribution in [0.4, 0.5) is 10.5 Å². The first-order valence-electron chi connectivity index (χ1n) is 6.48. The number of rotatable bonds is 4. The van der Waals surface area contributed by atoms with E-state index in [1.54, 1.807) is 30.3 Å². The van der Waals surface area contributed by atoms with Gasteiger partial charge in [0.15, 0.2) is 5.82 Å². The maximum atomic E-state index is 12.0. The van der Waals surface area contributed by atoms with Gasteiger partial charge < -0.3 is 10.2 Å². The molecule has 2 rings (SSSR count). The van der Waals surface area contributed by atoms with Crippen LogP contribution in [0.1, 0.15) is 13.3 Å². The molecule has 0 saturated heterocycles. The molecule has 0 spiro atoms. The quantitative estimate of drug-likeness (QED) is 0.930. The molecule has 0 aliphatic rings. The van der Waals surface area contributed by atoms with E-state index in [0.717, 1.165) is 0 Å². The van der Waals surface area contributed by atoms with E-state index in [2.05, 4.69) is 15.4 Å². The van der Waals surface area contributed by atoms with Crippen LogP contribution in [0, 0.1) is 11.3 Å². The summed E-state index contributed by atoms with van der Waals surface area (Å²) in [5.41, 5.74) is 0.571. The smallest absolute Gasteiger partial charge is 0.321 e. The number of anilines is 1. The zero-order valence-corrected chi connectivity index (χ0v) is 11.9. The number of carbonyl (C=O) groups excluding carboxylic acids is 1. The minimum atomic E-state index is -0.279. The van der Waals surface area contributed by atoms with Gasteiger partial charge in [-0.3, -0.25) is 0 Å². The number of urea groups is 1. The lowest BCUT2D eigenvalue weighted by Crippen LogP contribution is -2.37. The summed E-state index contributed by atoms with van der Waals surface area (Å²) >= 11 is 0. The van der Waals surface area contributed by atoms with Crippen LogP contribution in [0.3, 0.4) is 0 Å². The number of carbonyl (C=O) groups is 1. The van der Waals surface area contributed by atoms with Gasteiger partial charge in [-0.2, -0.15) is 10.4 Å². The Labute approximate surface area is 122 Å². The predicted molar refractivity (Wildman–Crippen MR) is 77.8 cm³/mol. The van der Waals surface area contributed by atoms with Gasteiger partial charge in [-0.1, -0.05) is 6.07 Å². The number of amides is 2. The fourth-order valence-corrected chi connectivity index (χ4v) is 1.68. The lowest BCUT2D eigenvalue weighted by molar-refractivity contribution is 0.208. The second-order valence-corrected chi connectivity index (χ2v) is 4.61. The van der Waals surface area contributed by atoms with E-state index in [-0.39, 0.29) is 18.5 Å². The molecular weight excluding hydrogens is 268 g/mol. The first-order chi connectivity index (χ1) is 10.1. The van der Waals surface area contributed by atoms with Crippen molar-refractivity contribution in [2.75, 3.05) is 12.4 Å². The summed E-state index contributed by atoms with van der Waals surface area (Å²) in [4.78, 5) is 17.7. The average molecular weight is 284 g/mol. The fraction of sp³-hybridized carbons (Fsp3) is 0.286. The number of aromatic nitrogens is 3. The maximum Gasteiger partial charge on any atom is 0.321 e. The molecule has 0 fully saturated rings. The largest absolute Gasteiger partial charge is 0.324 e. The first-order valence-corrected chi connectivity index (χ1v) is 6.48. The van der Waals surface area contributed by atoms with Crippen LogP contribution in [0.2, 0.25) is 0 Å². The molecule has 7 nitrogen and oxygen atoms in total. The van der Waals surface area contributed by atoms with E-state index in [1.807, 2.05) is 31.2 Å². The molecule has 21 heavy (non-hydrogen) atoms. The Morgan fingerprint density at radius 3 is 3.05 bits per heavy atom. The number of hydrogen-bond acceptors (Lipinski definition) is 4. The van der Waals surface area contributed by atoms with Crippen molar-refractivity contribution in [3.8, 4) is 11.9 Å². The molecular formula is C14H16N6O. The zero-order valence-electron chi connectivity index (χ0n) is 11.9. The summed E-state index contributed by atoms with van der Waals surface area (Å²) in [5, 5.41) is 15.5. The van der Waals surface area contributed by atoms with Crippen molar-refractivity contribution < 1.29 is 4.79 Å². The predicted octanol–water partition coefficient (Wildman–Crippen LogP) is 2.03. The molecule has 0 aliphatic carbocycles. The molecule has 1 unspecified atom stereocenters. The molecule has 0 saturated carbocycles. The number of nitrogens with zero attached hydrogens (tertiary/aromatic N) is 5. The minimum Gasteiger partial charge on any atom is -0.324 e. The highest BCUT2D eigenvalue weighted by Crippen LogP contribution is 2.11. The maximum absolute atomic E-state index is 12.0. The topological polar surface area (TPSA) is 86.8 Å². The molecule has 2 aromatic heterocycles. The van der Waals surface area contributed by atoms with Gasteiger partial charge in [0.25, 0.3) is 0 Å². The lowest BCUT2D eigenvalue weighted by Gasteiger charge is -2.22. The first kappa shape index (κ1) is 14.5. The Balaban J connectivity index is 2.03. The molecule has 1 atom stereocenters. The Kier molecular flexibility index (Phi) is 4.51. The van der Waals surface area contributed by atoms with Crippen LogP contribution < -0.4 is 5.32 Å². The zero-order chi connectivity index (χ0) is 15.2. The molecule has 7 heteroatoms. The normalized spacial score (nSPS) is 11.5. The van der Waals surface area contributed by atoms with Gasteiger partial charge in [0.1, 0.15) is 0 Å².